The highest BCUT2D eigenvalue weighted by Crippen LogP contribution is 2.35. The Balaban J connectivity index is 1.27. The monoisotopic (exact) mass is 457 g/mol. The first kappa shape index (κ1) is 20.8. The van der Waals surface area contributed by atoms with E-state index >= 15 is 0 Å². The molecule has 4 heterocycles. The van der Waals surface area contributed by atoms with Crippen LogP contribution in [0, 0.1) is 11.7 Å². The number of fused-ring (bicyclic) bond motifs is 2. The van der Waals surface area contributed by atoms with Crippen molar-refractivity contribution in [1.82, 2.24) is 20.0 Å². The number of hydrogen-bond acceptors (Lipinski definition) is 6. The van der Waals surface area contributed by atoms with Crippen LogP contribution in [0.15, 0.2) is 59.4 Å². The Kier molecular flexibility index (Phi) is 5.20. The molecule has 2 aliphatic rings. The molecule has 1 amide bonds. The van der Waals surface area contributed by atoms with Gasteiger partial charge in [0.15, 0.2) is 0 Å². The number of halogens is 1. The zero-order valence-corrected chi connectivity index (χ0v) is 18.7. The molecule has 172 valence electrons. The molecule has 1 saturated heterocycles. The standard InChI is InChI=1S/C26H24FN5O2/c27-21-9-7-18(8-10-21)23-22-24(28-16-29-25(22)34-30-23)31-12-3-6-20(15-31)26(33)32-13-11-17-4-1-2-5-19(17)14-32/h1-2,4-5,7-10,16,20H,3,6,11-15H2/t20-/m1/s1. The molecule has 0 aliphatic carbocycles. The highest BCUT2D eigenvalue weighted by atomic mass is 19.1. The summed E-state index contributed by atoms with van der Waals surface area (Å²) in [5.74, 6) is 0.490. The van der Waals surface area contributed by atoms with E-state index in [-0.39, 0.29) is 17.6 Å². The second kappa shape index (κ2) is 8.52. The van der Waals surface area contributed by atoms with Crippen LogP contribution in [0.5, 0.6) is 0 Å². The van der Waals surface area contributed by atoms with Crippen LogP contribution in [0.25, 0.3) is 22.4 Å². The summed E-state index contributed by atoms with van der Waals surface area (Å²) in [7, 11) is 0. The number of aromatic nitrogens is 3. The molecule has 0 N–H and O–H groups in total. The summed E-state index contributed by atoms with van der Waals surface area (Å²) in [4.78, 5) is 26.4. The molecule has 7 nitrogen and oxygen atoms in total. The van der Waals surface area contributed by atoms with Gasteiger partial charge in [0.2, 0.25) is 5.91 Å². The van der Waals surface area contributed by atoms with Crippen LogP contribution in [0.4, 0.5) is 10.2 Å². The van der Waals surface area contributed by atoms with E-state index in [1.807, 2.05) is 11.0 Å². The van der Waals surface area contributed by atoms with Crippen molar-refractivity contribution in [3.05, 3.63) is 71.8 Å². The number of anilines is 1. The van der Waals surface area contributed by atoms with Gasteiger partial charge >= 0.3 is 0 Å². The Morgan fingerprint density at radius 2 is 1.85 bits per heavy atom. The van der Waals surface area contributed by atoms with E-state index in [0.29, 0.717) is 35.7 Å². The summed E-state index contributed by atoms with van der Waals surface area (Å²) in [6.45, 7) is 2.79. The van der Waals surface area contributed by atoms with Gasteiger partial charge in [0.1, 0.15) is 29.0 Å². The quantitative estimate of drug-likeness (QED) is 0.459. The number of rotatable bonds is 3. The molecule has 0 spiro atoms. The molecule has 2 aromatic carbocycles. The van der Waals surface area contributed by atoms with Crippen LogP contribution < -0.4 is 4.90 Å². The summed E-state index contributed by atoms with van der Waals surface area (Å²) < 4.78 is 18.9. The van der Waals surface area contributed by atoms with Gasteiger partial charge in [-0.15, -0.1) is 0 Å². The van der Waals surface area contributed by atoms with Crippen molar-refractivity contribution in [2.24, 2.45) is 5.92 Å². The van der Waals surface area contributed by atoms with Gasteiger partial charge in [0, 0.05) is 31.7 Å². The van der Waals surface area contributed by atoms with Gasteiger partial charge in [0.25, 0.3) is 5.71 Å². The molecule has 6 rings (SSSR count). The molecular weight excluding hydrogens is 433 g/mol. The fourth-order valence-corrected chi connectivity index (χ4v) is 5.13. The molecule has 0 saturated carbocycles. The minimum absolute atomic E-state index is 0.0989. The Hall–Kier alpha value is -3.81. The number of nitrogens with zero attached hydrogens (tertiary/aromatic N) is 5. The molecule has 0 bridgehead atoms. The molecular formula is C26H24FN5O2. The van der Waals surface area contributed by atoms with E-state index in [4.69, 9.17) is 4.52 Å². The SMILES string of the molecule is O=C([C@@H]1CCCN(c2ncnc3onc(-c4ccc(F)cc4)c23)C1)N1CCc2ccccc2C1. The Bertz CT molecular complexity index is 1350. The maximum atomic E-state index is 13.5. The van der Waals surface area contributed by atoms with Crippen LogP contribution in [0.1, 0.15) is 24.0 Å². The second-order valence-electron chi connectivity index (χ2n) is 8.98. The number of carbonyl (C=O) groups excluding carboxylic acids is 1. The normalized spacial score (nSPS) is 18.2. The molecule has 0 radical (unpaired) electrons. The average molecular weight is 458 g/mol. The molecule has 2 aliphatic heterocycles. The Labute approximate surface area is 196 Å². The maximum absolute atomic E-state index is 13.5. The lowest BCUT2D eigenvalue weighted by Gasteiger charge is -2.37. The van der Waals surface area contributed by atoms with Crippen LogP contribution in [-0.4, -0.2) is 45.6 Å². The van der Waals surface area contributed by atoms with E-state index in [9.17, 15) is 9.18 Å². The van der Waals surface area contributed by atoms with E-state index in [0.717, 1.165) is 37.9 Å². The third-order valence-corrected chi connectivity index (χ3v) is 6.88. The Morgan fingerprint density at radius 1 is 1.03 bits per heavy atom. The number of piperidine rings is 1. The molecule has 1 atom stereocenters. The van der Waals surface area contributed by atoms with Crippen LogP contribution >= 0.6 is 0 Å². The first-order valence-electron chi connectivity index (χ1n) is 11.6. The predicted molar refractivity (Wildman–Crippen MR) is 125 cm³/mol. The lowest BCUT2D eigenvalue weighted by Crippen LogP contribution is -2.46. The van der Waals surface area contributed by atoms with Crippen molar-refractivity contribution < 1.29 is 13.7 Å². The summed E-state index contributed by atoms with van der Waals surface area (Å²) in [5.41, 5.74) is 4.26. The van der Waals surface area contributed by atoms with Gasteiger partial charge in [-0.1, -0.05) is 29.4 Å². The topological polar surface area (TPSA) is 75.4 Å². The van der Waals surface area contributed by atoms with Crippen LogP contribution in [0.3, 0.4) is 0 Å². The summed E-state index contributed by atoms with van der Waals surface area (Å²) in [6, 6.07) is 14.5. The molecule has 4 aromatic rings. The van der Waals surface area contributed by atoms with Crippen LogP contribution in [-0.2, 0) is 17.8 Å². The fraction of sp³-hybridized carbons (Fsp3) is 0.308. The van der Waals surface area contributed by atoms with Crippen molar-refractivity contribution in [3.63, 3.8) is 0 Å². The predicted octanol–water partition coefficient (Wildman–Crippen LogP) is 4.23. The van der Waals surface area contributed by atoms with Crippen molar-refractivity contribution in [1.29, 1.82) is 0 Å². The second-order valence-corrected chi connectivity index (χ2v) is 8.98. The van der Waals surface area contributed by atoms with Gasteiger partial charge in [-0.3, -0.25) is 4.79 Å². The molecule has 2 aromatic heterocycles. The van der Waals surface area contributed by atoms with Crippen molar-refractivity contribution in [2.45, 2.75) is 25.8 Å². The summed E-state index contributed by atoms with van der Waals surface area (Å²) in [5, 5.41) is 4.89. The fourth-order valence-electron chi connectivity index (χ4n) is 5.13. The van der Waals surface area contributed by atoms with Crippen molar-refractivity contribution >= 4 is 22.8 Å². The number of hydrogen-bond donors (Lipinski definition) is 0. The summed E-state index contributed by atoms with van der Waals surface area (Å²) >= 11 is 0. The molecule has 0 unspecified atom stereocenters. The molecule has 8 heteroatoms. The third kappa shape index (κ3) is 3.69. The van der Waals surface area contributed by atoms with E-state index < -0.39 is 0 Å². The third-order valence-electron chi connectivity index (χ3n) is 6.88. The largest absolute Gasteiger partial charge is 0.355 e. The number of amides is 1. The lowest BCUT2D eigenvalue weighted by molar-refractivity contribution is -0.136. The van der Waals surface area contributed by atoms with Crippen LogP contribution in [0.2, 0.25) is 0 Å². The minimum atomic E-state index is -0.314. The van der Waals surface area contributed by atoms with Gasteiger partial charge < -0.3 is 14.3 Å². The first-order chi connectivity index (χ1) is 16.7. The van der Waals surface area contributed by atoms with E-state index in [1.54, 1.807) is 12.1 Å². The highest BCUT2D eigenvalue weighted by molar-refractivity contribution is 5.98. The van der Waals surface area contributed by atoms with Gasteiger partial charge in [-0.2, -0.15) is 4.98 Å². The minimum Gasteiger partial charge on any atom is -0.355 e. The van der Waals surface area contributed by atoms with Crippen molar-refractivity contribution in [2.75, 3.05) is 24.5 Å². The Morgan fingerprint density at radius 3 is 2.71 bits per heavy atom. The summed E-state index contributed by atoms with van der Waals surface area (Å²) in [6.07, 6.45) is 4.11. The zero-order valence-electron chi connectivity index (χ0n) is 18.7. The number of carbonyl (C=O) groups is 1. The average Bonchev–Trinajstić information content (AvgIpc) is 3.33. The first-order valence-corrected chi connectivity index (χ1v) is 11.6. The number of benzene rings is 2. The van der Waals surface area contributed by atoms with Gasteiger partial charge in [-0.05, 0) is 54.7 Å². The van der Waals surface area contributed by atoms with E-state index in [1.165, 1.54) is 29.6 Å². The lowest BCUT2D eigenvalue weighted by atomic mass is 9.93. The highest BCUT2D eigenvalue weighted by Gasteiger charge is 2.33. The van der Waals surface area contributed by atoms with Gasteiger partial charge in [-0.25, -0.2) is 9.37 Å². The van der Waals surface area contributed by atoms with Gasteiger partial charge in [0.05, 0.1) is 5.92 Å². The van der Waals surface area contributed by atoms with Crippen molar-refractivity contribution in [3.8, 4) is 11.3 Å². The maximum Gasteiger partial charge on any atom is 0.263 e. The van der Waals surface area contributed by atoms with E-state index in [2.05, 4.69) is 38.2 Å². The smallest absolute Gasteiger partial charge is 0.263 e. The molecule has 1 fully saturated rings. The zero-order chi connectivity index (χ0) is 23.1. The molecule has 34 heavy (non-hydrogen) atoms.